The summed E-state index contributed by atoms with van der Waals surface area (Å²) in [5.41, 5.74) is 3.01. The minimum absolute atomic E-state index is 0.447. The number of hydrogen-bond donors (Lipinski definition) is 1. The van der Waals surface area contributed by atoms with E-state index in [2.05, 4.69) is 22.1 Å². The third-order valence-electron chi connectivity index (χ3n) is 4.62. The summed E-state index contributed by atoms with van der Waals surface area (Å²) in [5.74, 6) is 1.82. The van der Waals surface area contributed by atoms with Crippen molar-refractivity contribution in [2.45, 2.75) is 19.0 Å². The Morgan fingerprint density at radius 2 is 1.92 bits per heavy atom. The van der Waals surface area contributed by atoms with Gasteiger partial charge in [-0.3, -0.25) is 10.00 Å². The Hall–Kier alpha value is -2.25. The number of nitrogens with zero attached hydrogens (tertiary/aromatic N) is 2. The molecule has 0 amide bonds. The SMILES string of the molecule is COc1cc(-c2[nH]ncc2CN(C)C2CCOC2)cc(OC)c1OC. The Labute approximate surface area is 147 Å². The van der Waals surface area contributed by atoms with E-state index in [4.69, 9.17) is 18.9 Å². The summed E-state index contributed by atoms with van der Waals surface area (Å²) in [6.07, 6.45) is 2.93. The maximum absolute atomic E-state index is 5.49. The molecule has 1 atom stereocenters. The van der Waals surface area contributed by atoms with Crippen molar-refractivity contribution in [2.75, 3.05) is 41.6 Å². The number of rotatable bonds is 7. The fourth-order valence-electron chi connectivity index (χ4n) is 3.17. The van der Waals surface area contributed by atoms with Crippen molar-refractivity contribution in [3.8, 4) is 28.5 Å². The van der Waals surface area contributed by atoms with Gasteiger partial charge in [0.25, 0.3) is 0 Å². The minimum atomic E-state index is 0.447. The monoisotopic (exact) mass is 347 g/mol. The molecule has 1 aliphatic rings. The largest absolute Gasteiger partial charge is 0.493 e. The second-order valence-corrected chi connectivity index (χ2v) is 6.12. The van der Waals surface area contributed by atoms with Gasteiger partial charge in [0, 0.05) is 30.3 Å². The molecule has 7 nitrogen and oxygen atoms in total. The lowest BCUT2D eigenvalue weighted by atomic mass is 10.1. The molecule has 1 aromatic carbocycles. The van der Waals surface area contributed by atoms with Crippen LogP contribution in [0.4, 0.5) is 0 Å². The van der Waals surface area contributed by atoms with Crippen molar-refractivity contribution in [2.24, 2.45) is 0 Å². The predicted molar refractivity (Wildman–Crippen MR) is 94.4 cm³/mol. The third-order valence-corrected chi connectivity index (χ3v) is 4.62. The van der Waals surface area contributed by atoms with Gasteiger partial charge in [-0.25, -0.2) is 0 Å². The van der Waals surface area contributed by atoms with Gasteiger partial charge in [0.2, 0.25) is 5.75 Å². The van der Waals surface area contributed by atoms with Crippen molar-refractivity contribution >= 4 is 0 Å². The number of aromatic nitrogens is 2. The van der Waals surface area contributed by atoms with Crippen LogP contribution in [0.5, 0.6) is 17.2 Å². The fraction of sp³-hybridized carbons (Fsp3) is 0.500. The second-order valence-electron chi connectivity index (χ2n) is 6.12. The van der Waals surface area contributed by atoms with Gasteiger partial charge < -0.3 is 18.9 Å². The van der Waals surface area contributed by atoms with Crippen molar-refractivity contribution < 1.29 is 18.9 Å². The molecule has 25 heavy (non-hydrogen) atoms. The molecule has 1 unspecified atom stereocenters. The highest BCUT2D eigenvalue weighted by Crippen LogP contribution is 2.41. The van der Waals surface area contributed by atoms with Crippen LogP contribution in [0.25, 0.3) is 11.3 Å². The summed E-state index contributed by atoms with van der Waals surface area (Å²) in [4.78, 5) is 2.30. The summed E-state index contributed by atoms with van der Waals surface area (Å²) in [7, 11) is 6.94. The molecule has 2 aromatic rings. The lowest BCUT2D eigenvalue weighted by molar-refractivity contribution is 0.156. The summed E-state index contributed by atoms with van der Waals surface area (Å²) >= 11 is 0. The number of H-pyrrole nitrogens is 1. The zero-order valence-electron chi connectivity index (χ0n) is 15.2. The van der Waals surface area contributed by atoms with Crippen LogP contribution >= 0.6 is 0 Å². The molecular formula is C18H25N3O4. The summed E-state index contributed by atoms with van der Waals surface area (Å²) in [6, 6.07) is 4.30. The lowest BCUT2D eigenvalue weighted by Crippen LogP contribution is -2.31. The number of benzene rings is 1. The quantitative estimate of drug-likeness (QED) is 0.829. The van der Waals surface area contributed by atoms with Crippen LogP contribution in [0.2, 0.25) is 0 Å². The molecular weight excluding hydrogens is 322 g/mol. The van der Waals surface area contributed by atoms with Crippen molar-refractivity contribution in [1.29, 1.82) is 0 Å². The average Bonchev–Trinajstić information content (AvgIpc) is 3.32. The first kappa shape index (κ1) is 17.6. The van der Waals surface area contributed by atoms with E-state index in [1.165, 1.54) is 0 Å². The van der Waals surface area contributed by atoms with Gasteiger partial charge in [-0.15, -0.1) is 0 Å². The first-order chi connectivity index (χ1) is 12.2. The highest BCUT2D eigenvalue weighted by atomic mass is 16.5. The predicted octanol–water partition coefficient (Wildman–Crippen LogP) is 2.32. The molecule has 0 spiro atoms. The number of nitrogens with one attached hydrogen (secondary N) is 1. The van der Waals surface area contributed by atoms with Crippen LogP contribution in [-0.4, -0.2) is 62.7 Å². The van der Waals surface area contributed by atoms with Gasteiger partial charge in [0.05, 0.1) is 39.8 Å². The zero-order chi connectivity index (χ0) is 17.8. The van der Waals surface area contributed by atoms with Crippen LogP contribution in [0.3, 0.4) is 0 Å². The number of aromatic amines is 1. The Kier molecular flexibility index (Phi) is 5.45. The molecule has 2 heterocycles. The number of hydrogen-bond acceptors (Lipinski definition) is 6. The molecule has 0 bridgehead atoms. The summed E-state index contributed by atoms with van der Waals surface area (Å²) < 4.78 is 21.8. The standard InChI is InChI=1S/C18H25N3O4/c1-21(14-5-6-25-11-14)10-13-9-19-20-17(13)12-7-15(22-2)18(24-4)16(8-12)23-3/h7-9,14H,5-6,10-11H2,1-4H3,(H,19,20). The van der Waals surface area contributed by atoms with Crippen molar-refractivity contribution in [1.82, 2.24) is 15.1 Å². The minimum Gasteiger partial charge on any atom is -0.493 e. The zero-order valence-corrected chi connectivity index (χ0v) is 15.2. The fourth-order valence-corrected chi connectivity index (χ4v) is 3.17. The van der Waals surface area contributed by atoms with Gasteiger partial charge in [0.15, 0.2) is 11.5 Å². The molecule has 1 saturated heterocycles. The van der Waals surface area contributed by atoms with E-state index in [0.29, 0.717) is 23.3 Å². The second kappa shape index (κ2) is 7.76. The van der Waals surface area contributed by atoms with E-state index < -0.39 is 0 Å². The van der Waals surface area contributed by atoms with Crippen LogP contribution in [-0.2, 0) is 11.3 Å². The van der Waals surface area contributed by atoms with Gasteiger partial charge in [0.1, 0.15) is 0 Å². The van der Waals surface area contributed by atoms with E-state index in [0.717, 1.165) is 43.0 Å². The number of methoxy groups -OCH3 is 3. The van der Waals surface area contributed by atoms with E-state index in [1.807, 2.05) is 18.3 Å². The molecule has 0 aliphatic carbocycles. The molecule has 136 valence electrons. The molecule has 1 fully saturated rings. The molecule has 0 radical (unpaired) electrons. The van der Waals surface area contributed by atoms with E-state index in [1.54, 1.807) is 21.3 Å². The maximum Gasteiger partial charge on any atom is 0.203 e. The Morgan fingerprint density at radius 3 is 2.48 bits per heavy atom. The Bertz CT molecular complexity index is 685. The number of ether oxygens (including phenoxy) is 4. The van der Waals surface area contributed by atoms with Gasteiger partial charge >= 0.3 is 0 Å². The van der Waals surface area contributed by atoms with Crippen molar-refractivity contribution in [3.63, 3.8) is 0 Å². The highest BCUT2D eigenvalue weighted by Gasteiger charge is 2.22. The molecule has 1 aromatic heterocycles. The Morgan fingerprint density at radius 1 is 1.20 bits per heavy atom. The smallest absolute Gasteiger partial charge is 0.203 e. The molecule has 1 aliphatic heterocycles. The van der Waals surface area contributed by atoms with Gasteiger partial charge in [-0.05, 0) is 25.6 Å². The topological polar surface area (TPSA) is 68.8 Å². The van der Waals surface area contributed by atoms with Crippen LogP contribution in [0.1, 0.15) is 12.0 Å². The molecule has 0 saturated carbocycles. The first-order valence-electron chi connectivity index (χ1n) is 8.28. The van der Waals surface area contributed by atoms with Crippen LogP contribution < -0.4 is 14.2 Å². The molecule has 7 heteroatoms. The van der Waals surface area contributed by atoms with Crippen molar-refractivity contribution in [3.05, 3.63) is 23.9 Å². The Balaban J connectivity index is 1.91. The molecule has 3 rings (SSSR count). The van der Waals surface area contributed by atoms with Crippen LogP contribution in [0.15, 0.2) is 18.3 Å². The third kappa shape index (κ3) is 3.57. The van der Waals surface area contributed by atoms with E-state index in [9.17, 15) is 0 Å². The normalized spacial score (nSPS) is 17.1. The highest BCUT2D eigenvalue weighted by molar-refractivity contribution is 5.70. The van der Waals surface area contributed by atoms with Gasteiger partial charge in [-0.1, -0.05) is 0 Å². The summed E-state index contributed by atoms with van der Waals surface area (Å²) in [6.45, 7) is 2.41. The van der Waals surface area contributed by atoms with E-state index >= 15 is 0 Å². The first-order valence-corrected chi connectivity index (χ1v) is 8.28. The maximum atomic E-state index is 5.49. The number of likely N-dealkylation sites (N-methyl/N-ethyl adjacent to an activating group) is 1. The van der Waals surface area contributed by atoms with Crippen LogP contribution in [0, 0.1) is 0 Å². The molecule has 1 N–H and O–H groups in total. The lowest BCUT2D eigenvalue weighted by Gasteiger charge is -2.22. The average molecular weight is 347 g/mol. The van der Waals surface area contributed by atoms with E-state index in [-0.39, 0.29) is 0 Å². The van der Waals surface area contributed by atoms with Gasteiger partial charge in [-0.2, -0.15) is 5.10 Å². The summed E-state index contributed by atoms with van der Waals surface area (Å²) in [5, 5.41) is 7.33.